The van der Waals surface area contributed by atoms with Crippen LogP contribution in [0.5, 0.6) is 5.75 Å². The van der Waals surface area contributed by atoms with E-state index >= 15 is 0 Å². The molecule has 4 rings (SSSR count). The van der Waals surface area contributed by atoms with Gasteiger partial charge in [-0.2, -0.15) is 0 Å². The summed E-state index contributed by atoms with van der Waals surface area (Å²) in [6, 6.07) is 3.29. The van der Waals surface area contributed by atoms with Crippen LogP contribution in [0.2, 0.25) is 5.02 Å². The van der Waals surface area contributed by atoms with Gasteiger partial charge in [0, 0.05) is 30.0 Å². The summed E-state index contributed by atoms with van der Waals surface area (Å²) in [6.07, 6.45) is 7.07. The van der Waals surface area contributed by atoms with Crippen LogP contribution in [0.1, 0.15) is 24.4 Å². The summed E-state index contributed by atoms with van der Waals surface area (Å²) in [4.78, 5) is 25.7. The third kappa shape index (κ3) is 4.60. The monoisotopic (exact) mass is 458 g/mol. The number of allylic oxidation sites excluding steroid dienone is 3. The Bertz CT molecular complexity index is 1090. The first-order chi connectivity index (χ1) is 15.3. The largest absolute Gasteiger partial charge is 0.497 e. The van der Waals surface area contributed by atoms with E-state index in [0.29, 0.717) is 40.3 Å². The molecule has 7 nitrogen and oxygen atoms in total. The number of aromatic nitrogens is 3. The molecule has 0 bridgehead atoms. The summed E-state index contributed by atoms with van der Waals surface area (Å²) < 4.78 is 25.7. The fourth-order valence-corrected chi connectivity index (χ4v) is 4.28. The Balaban J connectivity index is 1.56. The van der Waals surface area contributed by atoms with Crippen molar-refractivity contribution in [3.05, 3.63) is 64.8 Å². The number of nitrogens with zero attached hydrogens (tertiary/aromatic N) is 3. The van der Waals surface area contributed by atoms with Crippen LogP contribution in [-0.2, 0) is 9.53 Å². The number of halogens is 2. The van der Waals surface area contributed by atoms with E-state index in [4.69, 9.17) is 21.1 Å². The van der Waals surface area contributed by atoms with Gasteiger partial charge in [0.25, 0.3) is 0 Å². The molecule has 2 aliphatic carbocycles. The lowest BCUT2D eigenvalue weighted by Crippen LogP contribution is -2.30. The van der Waals surface area contributed by atoms with Gasteiger partial charge in [0.05, 0.1) is 30.6 Å². The Morgan fingerprint density at radius 1 is 1.31 bits per heavy atom. The molecular formula is C23H24ClFN4O3. The molecule has 1 saturated carbocycles. The second-order valence-corrected chi connectivity index (χ2v) is 8.61. The minimum Gasteiger partial charge on any atom is -0.497 e. The summed E-state index contributed by atoms with van der Waals surface area (Å²) in [5, 5.41) is 3.31. The van der Waals surface area contributed by atoms with E-state index in [1.807, 2.05) is 13.0 Å². The average Bonchev–Trinajstić information content (AvgIpc) is 3.50. The van der Waals surface area contributed by atoms with Crippen LogP contribution in [-0.4, -0.2) is 34.6 Å². The number of rotatable bonds is 7. The SMILES string of the molecule is COC1=CC([C@]2(COc3cnc(C)nc3C)C[C@H]2C(=O)Nc2ccc(Cl)cn2)CC(F)=C1. The number of ether oxygens (including phenoxy) is 2. The van der Waals surface area contributed by atoms with E-state index in [1.165, 1.54) is 19.4 Å². The molecule has 1 fully saturated rings. The van der Waals surface area contributed by atoms with Crippen molar-refractivity contribution in [2.24, 2.45) is 17.3 Å². The summed E-state index contributed by atoms with van der Waals surface area (Å²) in [5.41, 5.74) is 0.117. The lowest BCUT2D eigenvalue weighted by Gasteiger charge is -2.28. The zero-order chi connectivity index (χ0) is 22.9. The van der Waals surface area contributed by atoms with Crippen LogP contribution >= 0.6 is 11.6 Å². The summed E-state index contributed by atoms with van der Waals surface area (Å²) in [7, 11) is 1.50. The first-order valence-corrected chi connectivity index (χ1v) is 10.7. The highest BCUT2D eigenvalue weighted by Gasteiger charge is 2.63. The van der Waals surface area contributed by atoms with Gasteiger partial charge < -0.3 is 14.8 Å². The van der Waals surface area contributed by atoms with Crippen LogP contribution in [0.25, 0.3) is 0 Å². The number of pyridine rings is 1. The number of methoxy groups -OCH3 is 1. The van der Waals surface area contributed by atoms with E-state index in [0.717, 1.165) is 0 Å². The highest BCUT2D eigenvalue weighted by molar-refractivity contribution is 6.30. The maximum Gasteiger partial charge on any atom is 0.229 e. The lowest BCUT2D eigenvalue weighted by atomic mass is 9.81. The van der Waals surface area contributed by atoms with Gasteiger partial charge in [-0.3, -0.25) is 4.79 Å². The molecule has 2 aliphatic rings. The van der Waals surface area contributed by atoms with Crippen molar-refractivity contribution < 1.29 is 18.7 Å². The standard InChI is InChI=1S/C23H24ClFN4O3/c1-13-20(11-26-14(2)28-13)32-12-23(15-6-17(25)8-18(7-15)31-3)9-19(23)22(30)29-21-5-4-16(24)10-27-21/h4-5,7-8,10-11,15,19H,6,9,12H2,1-3H3,(H,27,29,30)/t15?,19-,23+/m0/s1. The van der Waals surface area contributed by atoms with Crippen LogP contribution in [0.4, 0.5) is 10.2 Å². The number of carbonyl (C=O) groups excluding carboxylic acids is 1. The Labute approximate surface area is 190 Å². The maximum absolute atomic E-state index is 14.4. The molecule has 1 N–H and O–H groups in total. The zero-order valence-corrected chi connectivity index (χ0v) is 18.8. The molecule has 32 heavy (non-hydrogen) atoms. The van der Waals surface area contributed by atoms with E-state index < -0.39 is 5.41 Å². The Morgan fingerprint density at radius 3 is 2.81 bits per heavy atom. The molecule has 0 aliphatic heterocycles. The second-order valence-electron chi connectivity index (χ2n) is 8.17. The predicted octanol–water partition coefficient (Wildman–Crippen LogP) is 4.57. The molecule has 1 amide bonds. The molecular weight excluding hydrogens is 435 g/mol. The predicted molar refractivity (Wildman–Crippen MR) is 118 cm³/mol. The number of hydrogen-bond donors (Lipinski definition) is 1. The molecule has 2 aromatic heterocycles. The Hall–Kier alpha value is -3.00. The topological polar surface area (TPSA) is 86.2 Å². The first kappa shape index (κ1) is 22.2. The van der Waals surface area contributed by atoms with Crippen molar-refractivity contribution in [1.82, 2.24) is 15.0 Å². The van der Waals surface area contributed by atoms with Gasteiger partial charge in [0.2, 0.25) is 5.91 Å². The second kappa shape index (κ2) is 8.86. The minimum absolute atomic E-state index is 0.183. The van der Waals surface area contributed by atoms with Crippen molar-refractivity contribution in [2.45, 2.75) is 26.7 Å². The molecule has 3 atom stereocenters. The number of anilines is 1. The minimum atomic E-state index is -0.594. The van der Waals surface area contributed by atoms with Crippen LogP contribution < -0.4 is 10.1 Å². The molecule has 0 saturated heterocycles. The van der Waals surface area contributed by atoms with E-state index in [-0.39, 0.29) is 36.6 Å². The molecule has 2 heterocycles. The van der Waals surface area contributed by atoms with Crippen molar-refractivity contribution in [1.29, 1.82) is 0 Å². The number of hydrogen-bond acceptors (Lipinski definition) is 6. The zero-order valence-electron chi connectivity index (χ0n) is 18.1. The highest BCUT2D eigenvalue weighted by Crippen LogP contribution is 2.61. The van der Waals surface area contributed by atoms with Crippen LogP contribution in [0.3, 0.4) is 0 Å². The third-order valence-electron chi connectivity index (χ3n) is 6.02. The van der Waals surface area contributed by atoms with Gasteiger partial charge in [-0.1, -0.05) is 11.6 Å². The van der Waals surface area contributed by atoms with Crippen LogP contribution in [0, 0.1) is 31.1 Å². The third-order valence-corrected chi connectivity index (χ3v) is 6.24. The Morgan fingerprint density at radius 2 is 2.12 bits per heavy atom. The van der Waals surface area contributed by atoms with Gasteiger partial charge >= 0.3 is 0 Å². The van der Waals surface area contributed by atoms with Gasteiger partial charge in [-0.25, -0.2) is 19.3 Å². The molecule has 0 radical (unpaired) electrons. The number of aryl methyl sites for hydroxylation is 2. The number of nitrogens with one attached hydrogen (secondary N) is 1. The quantitative estimate of drug-likeness (QED) is 0.654. The molecule has 9 heteroatoms. The van der Waals surface area contributed by atoms with E-state index in [2.05, 4.69) is 20.3 Å². The summed E-state index contributed by atoms with van der Waals surface area (Å²) in [6.45, 7) is 3.86. The number of amides is 1. The molecule has 168 valence electrons. The molecule has 0 spiro atoms. The number of carbonyl (C=O) groups is 1. The van der Waals surface area contributed by atoms with E-state index in [1.54, 1.807) is 25.3 Å². The molecule has 0 aromatic carbocycles. The first-order valence-electron chi connectivity index (χ1n) is 10.3. The van der Waals surface area contributed by atoms with Gasteiger partial charge in [0.1, 0.15) is 23.2 Å². The lowest BCUT2D eigenvalue weighted by molar-refractivity contribution is -0.118. The van der Waals surface area contributed by atoms with Crippen molar-refractivity contribution in [2.75, 3.05) is 19.0 Å². The van der Waals surface area contributed by atoms with Crippen LogP contribution in [0.15, 0.2) is 48.3 Å². The molecule has 2 aromatic rings. The fourth-order valence-electron chi connectivity index (χ4n) is 4.17. The fraction of sp³-hybridized carbons (Fsp3) is 0.391. The highest BCUT2D eigenvalue weighted by atomic mass is 35.5. The molecule has 1 unspecified atom stereocenters. The smallest absolute Gasteiger partial charge is 0.229 e. The Kier molecular flexibility index (Phi) is 6.15. The van der Waals surface area contributed by atoms with Crippen molar-refractivity contribution >= 4 is 23.3 Å². The van der Waals surface area contributed by atoms with Crippen molar-refractivity contribution in [3.8, 4) is 5.75 Å². The van der Waals surface area contributed by atoms with Gasteiger partial charge in [-0.05, 0) is 44.4 Å². The average molecular weight is 459 g/mol. The van der Waals surface area contributed by atoms with Crippen molar-refractivity contribution in [3.63, 3.8) is 0 Å². The van der Waals surface area contributed by atoms with Gasteiger partial charge in [-0.15, -0.1) is 0 Å². The normalized spacial score (nSPS) is 24.3. The summed E-state index contributed by atoms with van der Waals surface area (Å²) >= 11 is 5.87. The maximum atomic E-state index is 14.4. The summed E-state index contributed by atoms with van der Waals surface area (Å²) in [5.74, 6) is 0.931. The van der Waals surface area contributed by atoms with Gasteiger partial charge in [0.15, 0.2) is 5.75 Å². The van der Waals surface area contributed by atoms with E-state index in [9.17, 15) is 9.18 Å².